The van der Waals surface area contributed by atoms with Crippen LogP contribution >= 0.6 is 0 Å². The second-order valence-electron chi connectivity index (χ2n) is 4.61. The number of hydrogen-bond donors (Lipinski definition) is 1. The van der Waals surface area contributed by atoms with Crippen molar-refractivity contribution >= 4 is 0 Å². The molecule has 1 aliphatic rings. The van der Waals surface area contributed by atoms with Gasteiger partial charge in [-0.3, -0.25) is 0 Å². The highest BCUT2D eigenvalue weighted by atomic mass is 15.2. The lowest BCUT2D eigenvalue weighted by molar-refractivity contribution is 0.186. The van der Waals surface area contributed by atoms with Crippen molar-refractivity contribution in [3.63, 3.8) is 0 Å². The van der Waals surface area contributed by atoms with Crippen LogP contribution in [0.25, 0.3) is 0 Å². The molecule has 78 valence electrons. The second-order valence-corrected chi connectivity index (χ2v) is 4.61. The number of nitrogens with one attached hydrogen (secondary N) is 1. The number of piperidine rings is 1. The van der Waals surface area contributed by atoms with Gasteiger partial charge in [0.2, 0.25) is 0 Å². The summed E-state index contributed by atoms with van der Waals surface area (Å²) in [6.07, 6.45) is 4.06. The average molecular weight is 184 g/mol. The van der Waals surface area contributed by atoms with Crippen molar-refractivity contribution in [2.45, 2.75) is 39.2 Å². The zero-order chi connectivity index (χ0) is 9.68. The normalized spacial score (nSPS) is 25.4. The van der Waals surface area contributed by atoms with Crippen molar-refractivity contribution in [2.75, 3.05) is 26.7 Å². The van der Waals surface area contributed by atoms with E-state index in [1.165, 1.54) is 38.9 Å². The molecular formula is C11H24N2. The number of hydrogen-bond acceptors (Lipinski definition) is 2. The quantitative estimate of drug-likeness (QED) is 0.715. The van der Waals surface area contributed by atoms with E-state index < -0.39 is 0 Å². The average Bonchev–Trinajstić information content (AvgIpc) is 2.15. The highest BCUT2D eigenvalue weighted by Gasteiger charge is 2.17. The zero-order valence-electron chi connectivity index (χ0n) is 9.34. The monoisotopic (exact) mass is 184 g/mol. The van der Waals surface area contributed by atoms with Crippen LogP contribution in [0.4, 0.5) is 0 Å². The summed E-state index contributed by atoms with van der Waals surface area (Å²) in [7, 11) is 2.08. The first-order chi connectivity index (χ1) is 6.22. The standard InChI is InChI=1S/C11H24N2/c1-10(2)6-8-13-7-4-5-11(9-13)12-3/h10-12H,4-9H2,1-3H3. The van der Waals surface area contributed by atoms with E-state index in [-0.39, 0.29) is 0 Å². The lowest BCUT2D eigenvalue weighted by Gasteiger charge is -2.32. The molecule has 1 heterocycles. The summed E-state index contributed by atoms with van der Waals surface area (Å²) in [6, 6.07) is 0.737. The molecule has 0 aliphatic carbocycles. The first-order valence-corrected chi connectivity index (χ1v) is 5.62. The molecule has 1 rings (SSSR count). The summed E-state index contributed by atoms with van der Waals surface area (Å²) < 4.78 is 0. The Labute approximate surface area is 82.7 Å². The van der Waals surface area contributed by atoms with Crippen LogP contribution in [0.15, 0.2) is 0 Å². The maximum atomic E-state index is 3.38. The Bertz CT molecular complexity index is 134. The van der Waals surface area contributed by atoms with Crippen molar-refractivity contribution in [2.24, 2.45) is 5.92 Å². The highest BCUT2D eigenvalue weighted by Crippen LogP contribution is 2.11. The van der Waals surface area contributed by atoms with E-state index in [1.54, 1.807) is 0 Å². The molecule has 1 aliphatic heterocycles. The molecule has 1 atom stereocenters. The van der Waals surface area contributed by atoms with Gasteiger partial charge in [0.05, 0.1) is 0 Å². The van der Waals surface area contributed by atoms with Gasteiger partial charge in [-0.25, -0.2) is 0 Å². The van der Waals surface area contributed by atoms with Gasteiger partial charge in [0.25, 0.3) is 0 Å². The molecule has 0 aromatic heterocycles. The van der Waals surface area contributed by atoms with E-state index in [0.29, 0.717) is 0 Å². The molecular weight excluding hydrogens is 160 g/mol. The Morgan fingerprint density at radius 3 is 2.85 bits per heavy atom. The SMILES string of the molecule is CNC1CCCN(CCC(C)C)C1. The molecule has 0 amide bonds. The number of likely N-dealkylation sites (tertiary alicyclic amines) is 1. The minimum absolute atomic E-state index is 0.737. The number of rotatable bonds is 4. The third-order valence-electron chi connectivity index (χ3n) is 2.94. The van der Waals surface area contributed by atoms with Crippen LogP contribution in [0.2, 0.25) is 0 Å². The van der Waals surface area contributed by atoms with Crippen LogP contribution < -0.4 is 5.32 Å². The van der Waals surface area contributed by atoms with Gasteiger partial charge in [0.15, 0.2) is 0 Å². The van der Waals surface area contributed by atoms with Crippen molar-refractivity contribution in [1.29, 1.82) is 0 Å². The fourth-order valence-electron chi connectivity index (χ4n) is 1.94. The predicted octanol–water partition coefficient (Wildman–Crippen LogP) is 1.72. The van der Waals surface area contributed by atoms with Crippen molar-refractivity contribution in [3.05, 3.63) is 0 Å². The predicted molar refractivity (Wildman–Crippen MR) is 58.0 cm³/mol. The summed E-state index contributed by atoms with van der Waals surface area (Å²) in [5.74, 6) is 0.843. The highest BCUT2D eigenvalue weighted by molar-refractivity contribution is 4.76. The Morgan fingerprint density at radius 1 is 1.46 bits per heavy atom. The molecule has 1 saturated heterocycles. The topological polar surface area (TPSA) is 15.3 Å². The van der Waals surface area contributed by atoms with Gasteiger partial charge in [-0.05, 0) is 45.3 Å². The zero-order valence-corrected chi connectivity index (χ0v) is 9.34. The first kappa shape index (κ1) is 11.0. The van der Waals surface area contributed by atoms with Crippen molar-refractivity contribution < 1.29 is 0 Å². The van der Waals surface area contributed by atoms with Crippen LogP contribution in [0.3, 0.4) is 0 Å². The van der Waals surface area contributed by atoms with E-state index >= 15 is 0 Å². The molecule has 1 fully saturated rings. The van der Waals surface area contributed by atoms with Gasteiger partial charge in [-0.15, -0.1) is 0 Å². The third-order valence-corrected chi connectivity index (χ3v) is 2.94. The summed E-state index contributed by atoms with van der Waals surface area (Å²) in [4.78, 5) is 2.60. The van der Waals surface area contributed by atoms with Gasteiger partial charge in [-0.1, -0.05) is 13.8 Å². The third kappa shape index (κ3) is 4.10. The minimum atomic E-state index is 0.737. The Morgan fingerprint density at radius 2 is 2.23 bits per heavy atom. The Kier molecular flexibility index (Phi) is 4.74. The van der Waals surface area contributed by atoms with Gasteiger partial charge in [0.1, 0.15) is 0 Å². The first-order valence-electron chi connectivity index (χ1n) is 5.62. The number of likely N-dealkylation sites (N-methyl/N-ethyl adjacent to an activating group) is 1. The molecule has 0 spiro atoms. The minimum Gasteiger partial charge on any atom is -0.316 e. The van der Waals surface area contributed by atoms with E-state index in [2.05, 4.69) is 31.1 Å². The largest absolute Gasteiger partial charge is 0.316 e. The molecule has 0 radical (unpaired) electrons. The molecule has 2 heteroatoms. The van der Waals surface area contributed by atoms with E-state index in [4.69, 9.17) is 0 Å². The number of nitrogens with zero attached hydrogens (tertiary/aromatic N) is 1. The smallest absolute Gasteiger partial charge is 0.0192 e. The molecule has 0 aromatic carbocycles. The van der Waals surface area contributed by atoms with Crippen LogP contribution in [-0.2, 0) is 0 Å². The molecule has 0 aromatic rings. The Balaban J connectivity index is 2.18. The van der Waals surface area contributed by atoms with Crippen molar-refractivity contribution in [1.82, 2.24) is 10.2 Å². The van der Waals surface area contributed by atoms with Crippen molar-refractivity contribution in [3.8, 4) is 0 Å². The van der Waals surface area contributed by atoms with Crippen LogP contribution in [0, 0.1) is 5.92 Å². The molecule has 2 nitrogen and oxygen atoms in total. The summed E-state index contributed by atoms with van der Waals surface area (Å²) in [5.41, 5.74) is 0. The molecule has 1 unspecified atom stereocenters. The van der Waals surface area contributed by atoms with Gasteiger partial charge >= 0.3 is 0 Å². The van der Waals surface area contributed by atoms with Crippen LogP contribution in [0.1, 0.15) is 33.1 Å². The summed E-state index contributed by atoms with van der Waals surface area (Å²) in [5, 5.41) is 3.38. The lowest BCUT2D eigenvalue weighted by atomic mass is 10.0. The van der Waals surface area contributed by atoms with E-state index in [0.717, 1.165) is 12.0 Å². The lowest BCUT2D eigenvalue weighted by Crippen LogP contribution is -2.44. The fourth-order valence-corrected chi connectivity index (χ4v) is 1.94. The Hall–Kier alpha value is -0.0800. The fraction of sp³-hybridized carbons (Fsp3) is 1.00. The van der Waals surface area contributed by atoms with Gasteiger partial charge < -0.3 is 10.2 Å². The van der Waals surface area contributed by atoms with Gasteiger partial charge in [-0.2, -0.15) is 0 Å². The molecule has 0 bridgehead atoms. The van der Waals surface area contributed by atoms with Crippen LogP contribution in [-0.4, -0.2) is 37.6 Å². The van der Waals surface area contributed by atoms with Crippen LogP contribution in [0.5, 0.6) is 0 Å². The molecule has 1 N–H and O–H groups in total. The molecule has 0 saturated carbocycles. The maximum Gasteiger partial charge on any atom is 0.0192 e. The van der Waals surface area contributed by atoms with E-state index in [9.17, 15) is 0 Å². The van der Waals surface area contributed by atoms with E-state index in [1.807, 2.05) is 0 Å². The second kappa shape index (κ2) is 5.61. The molecule has 13 heavy (non-hydrogen) atoms. The summed E-state index contributed by atoms with van der Waals surface area (Å²) in [6.45, 7) is 8.46. The van der Waals surface area contributed by atoms with Gasteiger partial charge in [0, 0.05) is 12.6 Å². The maximum absolute atomic E-state index is 3.38. The summed E-state index contributed by atoms with van der Waals surface area (Å²) >= 11 is 0.